The van der Waals surface area contributed by atoms with Gasteiger partial charge in [-0.15, -0.1) is 10.2 Å². The SMILES string of the molecule is CCN1CCCC1CNC(=NCc1ccc(C(=O)N(C)C)cc1)NCc1nnc(C)n1C. The van der Waals surface area contributed by atoms with Crippen LogP contribution in [0.4, 0.5) is 0 Å². The second kappa shape index (κ2) is 11.1. The number of amides is 1. The third-order valence-corrected chi connectivity index (χ3v) is 6.03. The molecule has 1 aliphatic rings. The minimum absolute atomic E-state index is 0.0000798. The summed E-state index contributed by atoms with van der Waals surface area (Å²) in [5, 5.41) is 15.3. The Morgan fingerprint density at radius 3 is 2.59 bits per heavy atom. The first kappa shape index (κ1) is 23.7. The van der Waals surface area contributed by atoms with Crippen molar-refractivity contribution in [2.24, 2.45) is 12.0 Å². The maximum Gasteiger partial charge on any atom is 0.253 e. The van der Waals surface area contributed by atoms with Gasteiger partial charge in [0.05, 0.1) is 13.1 Å². The zero-order chi connectivity index (χ0) is 23.1. The Bertz CT molecular complexity index is 919. The summed E-state index contributed by atoms with van der Waals surface area (Å²) in [5.41, 5.74) is 1.73. The normalized spacial score (nSPS) is 16.9. The molecule has 0 aliphatic carbocycles. The molecule has 1 atom stereocenters. The smallest absolute Gasteiger partial charge is 0.253 e. The number of rotatable bonds is 8. The number of nitrogens with one attached hydrogen (secondary N) is 2. The van der Waals surface area contributed by atoms with Gasteiger partial charge in [0, 0.05) is 39.3 Å². The van der Waals surface area contributed by atoms with Gasteiger partial charge >= 0.3 is 0 Å². The number of hydrogen-bond acceptors (Lipinski definition) is 5. The van der Waals surface area contributed by atoms with Gasteiger partial charge in [-0.2, -0.15) is 0 Å². The van der Waals surface area contributed by atoms with E-state index in [1.165, 1.54) is 19.4 Å². The van der Waals surface area contributed by atoms with Crippen LogP contribution in [0.1, 0.15) is 47.3 Å². The fourth-order valence-electron chi connectivity index (χ4n) is 3.88. The Labute approximate surface area is 190 Å². The first-order chi connectivity index (χ1) is 15.4. The molecule has 1 amide bonds. The number of guanidine groups is 1. The molecule has 1 saturated heterocycles. The third kappa shape index (κ3) is 6.06. The first-order valence-corrected chi connectivity index (χ1v) is 11.3. The van der Waals surface area contributed by atoms with Crippen LogP contribution in [0.2, 0.25) is 0 Å². The van der Waals surface area contributed by atoms with Gasteiger partial charge in [0.1, 0.15) is 5.82 Å². The summed E-state index contributed by atoms with van der Waals surface area (Å²) in [6.45, 7) is 8.31. The van der Waals surface area contributed by atoms with E-state index in [1.54, 1.807) is 19.0 Å². The molecule has 1 unspecified atom stereocenters. The molecular formula is C23H36N8O. The van der Waals surface area contributed by atoms with Crippen LogP contribution in [0.25, 0.3) is 0 Å². The minimum atomic E-state index is 0.0000798. The van der Waals surface area contributed by atoms with Gasteiger partial charge in [-0.1, -0.05) is 19.1 Å². The lowest BCUT2D eigenvalue weighted by atomic mass is 10.1. The molecule has 1 aromatic carbocycles. The summed E-state index contributed by atoms with van der Waals surface area (Å²) in [7, 11) is 5.48. The van der Waals surface area contributed by atoms with Gasteiger partial charge in [0.25, 0.3) is 5.91 Å². The maximum atomic E-state index is 12.1. The first-order valence-electron chi connectivity index (χ1n) is 11.3. The van der Waals surface area contributed by atoms with Crippen molar-refractivity contribution in [1.82, 2.24) is 35.2 Å². The highest BCUT2D eigenvalue weighted by Gasteiger charge is 2.22. The van der Waals surface area contributed by atoms with E-state index in [0.29, 0.717) is 24.7 Å². The van der Waals surface area contributed by atoms with E-state index in [4.69, 9.17) is 4.99 Å². The molecule has 2 N–H and O–H groups in total. The zero-order valence-electron chi connectivity index (χ0n) is 19.9. The molecule has 0 saturated carbocycles. The molecule has 0 spiro atoms. The fraction of sp³-hybridized carbons (Fsp3) is 0.565. The molecule has 2 heterocycles. The van der Waals surface area contributed by atoms with Crippen molar-refractivity contribution in [3.05, 3.63) is 47.0 Å². The van der Waals surface area contributed by atoms with E-state index in [2.05, 4.69) is 32.7 Å². The monoisotopic (exact) mass is 440 g/mol. The second-order valence-corrected chi connectivity index (χ2v) is 8.44. The zero-order valence-corrected chi connectivity index (χ0v) is 19.9. The van der Waals surface area contributed by atoms with Crippen LogP contribution in [0.15, 0.2) is 29.3 Å². The molecule has 9 nitrogen and oxygen atoms in total. The predicted molar refractivity (Wildman–Crippen MR) is 126 cm³/mol. The molecular weight excluding hydrogens is 404 g/mol. The summed E-state index contributed by atoms with van der Waals surface area (Å²) in [4.78, 5) is 21.0. The topological polar surface area (TPSA) is 90.7 Å². The molecule has 174 valence electrons. The minimum Gasteiger partial charge on any atom is -0.355 e. The van der Waals surface area contributed by atoms with Gasteiger partial charge in [-0.05, 0) is 50.6 Å². The van der Waals surface area contributed by atoms with Crippen molar-refractivity contribution < 1.29 is 4.79 Å². The van der Waals surface area contributed by atoms with E-state index in [9.17, 15) is 4.79 Å². The number of benzene rings is 1. The number of aromatic nitrogens is 3. The molecule has 32 heavy (non-hydrogen) atoms. The Balaban J connectivity index is 1.66. The highest BCUT2D eigenvalue weighted by atomic mass is 16.2. The second-order valence-electron chi connectivity index (χ2n) is 8.44. The highest BCUT2D eigenvalue weighted by molar-refractivity contribution is 5.93. The van der Waals surface area contributed by atoms with Gasteiger partial charge in [-0.25, -0.2) is 4.99 Å². The van der Waals surface area contributed by atoms with Crippen molar-refractivity contribution in [1.29, 1.82) is 0 Å². The number of carbonyl (C=O) groups is 1. The average molecular weight is 441 g/mol. The Hall–Kier alpha value is -2.94. The predicted octanol–water partition coefficient (Wildman–Crippen LogP) is 1.55. The van der Waals surface area contributed by atoms with E-state index in [-0.39, 0.29) is 5.91 Å². The van der Waals surface area contributed by atoms with Crippen LogP contribution < -0.4 is 10.6 Å². The van der Waals surface area contributed by atoms with Crippen LogP contribution in [0.3, 0.4) is 0 Å². The lowest BCUT2D eigenvalue weighted by Gasteiger charge is -2.24. The van der Waals surface area contributed by atoms with Crippen molar-refractivity contribution in [3.8, 4) is 0 Å². The third-order valence-electron chi connectivity index (χ3n) is 6.03. The van der Waals surface area contributed by atoms with E-state index in [0.717, 1.165) is 36.3 Å². The van der Waals surface area contributed by atoms with Crippen molar-refractivity contribution in [3.63, 3.8) is 0 Å². The Kier molecular flexibility index (Phi) is 8.21. The van der Waals surface area contributed by atoms with Crippen LogP contribution in [0, 0.1) is 6.92 Å². The lowest BCUT2D eigenvalue weighted by Crippen LogP contribution is -2.44. The molecule has 0 bridgehead atoms. The van der Waals surface area contributed by atoms with Crippen LogP contribution in [-0.2, 0) is 20.1 Å². The largest absolute Gasteiger partial charge is 0.355 e. The van der Waals surface area contributed by atoms with Gasteiger partial charge in [0.2, 0.25) is 0 Å². The van der Waals surface area contributed by atoms with E-state index in [1.807, 2.05) is 42.8 Å². The average Bonchev–Trinajstić information content (AvgIpc) is 3.39. The summed E-state index contributed by atoms with van der Waals surface area (Å²) < 4.78 is 1.97. The maximum absolute atomic E-state index is 12.1. The summed E-state index contributed by atoms with van der Waals surface area (Å²) >= 11 is 0. The van der Waals surface area contributed by atoms with Gasteiger partial charge in [-0.3, -0.25) is 9.69 Å². The summed E-state index contributed by atoms with van der Waals surface area (Å²) in [5.74, 6) is 2.49. The summed E-state index contributed by atoms with van der Waals surface area (Å²) in [6.07, 6.45) is 2.45. The lowest BCUT2D eigenvalue weighted by molar-refractivity contribution is 0.0827. The molecule has 2 aromatic rings. The van der Waals surface area contributed by atoms with Crippen molar-refractivity contribution in [2.45, 2.75) is 45.8 Å². The highest BCUT2D eigenvalue weighted by Crippen LogP contribution is 2.15. The molecule has 1 fully saturated rings. The number of carbonyl (C=O) groups excluding carboxylic acids is 1. The number of hydrogen-bond donors (Lipinski definition) is 2. The number of likely N-dealkylation sites (N-methyl/N-ethyl adjacent to an activating group) is 1. The van der Waals surface area contributed by atoms with Crippen LogP contribution >= 0.6 is 0 Å². The van der Waals surface area contributed by atoms with Crippen molar-refractivity contribution in [2.75, 3.05) is 33.7 Å². The molecule has 3 rings (SSSR count). The van der Waals surface area contributed by atoms with Gasteiger partial charge < -0.3 is 20.1 Å². The van der Waals surface area contributed by atoms with Crippen molar-refractivity contribution >= 4 is 11.9 Å². The van der Waals surface area contributed by atoms with Gasteiger partial charge in [0.15, 0.2) is 11.8 Å². The quantitative estimate of drug-likeness (QED) is 0.478. The molecule has 1 aromatic heterocycles. The number of likely N-dealkylation sites (tertiary alicyclic amines) is 1. The van der Waals surface area contributed by atoms with Crippen LogP contribution in [-0.4, -0.2) is 76.2 Å². The fourth-order valence-corrected chi connectivity index (χ4v) is 3.88. The van der Waals surface area contributed by atoms with Crippen LogP contribution in [0.5, 0.6) is 0 Å². The molecule has 1 aliphatic heterocycles. The molecule has 9 heteroatoms. The Morgan fingerprint density at radius 2 is 1.97 bits per heavy atom. The number of nitrogens with zero attached hydrogens (tertiary/aromatic N) is 6. The van der Waals surface area contributed by atoms with E-state index >= 15 is 0 Å². The van der Waals surface area contributed by atoms with E-state index < -0.39 is 0 Å². The molecule has 0 radical (unpaired) electrons. The summed E-state index contributed by atoms with van der Waals surface area (Å²) in [6, 6.07) is 8.15. The standard InChI is InChI=1S/C23H36N8O/c1-6-31-13-7-8-20(31)15-25-23(26-16-21-28-27-17(2)30(21)5)24-14-18-9-11-19(12-10-18)22(32)29(3)4/h9-12,20H,6-8,13-16H2,1-5H3,(H2,24,25,26). The Morgan fingerprint density at radius 1 is 1.22 bits per heavy atom. The number of aryl methyl sites for hydroxylation is 1. The number of aliphatic imine (C=N–C) groups is 1.